The maximum absolute atomic E-state index is 11.9. The Balaban J connectivity index is 2.16. The quantitative estimate of drug-likeness (QED) is 0.635. The van der Waals surface area contributed by atoms with Crippen LogP contribution in [0.4, 0.5) is 0 Å². The Morgan fingerprint density at radius 2 is 1.90 bits per heavy atom. The van der Waals surface area contributed by atoms with Crippen molar-refractivity contribution in [3.63, 3.8) is 0 Å². The summed E-state index contributed by atoms with van der Waals surface area (Å²) in [7, 11) is -1.44. The van der Waals surface area contributed by atoms with Crippen molar-refractivity contribution in [1.82, 2.24) is 9.78 Å². The summed E-state index contributed by atoms with van der Waals surface area (Å²) in [5, 5.41) is 3.99. The Morgan fingerprint density at radius 3 is 2.40 bits per heavy atom. The summed E-state index contributed by atoms with van der Waals surface area (Å²) in [5.41, 5.74) is 1.27. The van der Waals surface area contributed by atoms with Gasteiger partial charge in [0.2, 0.25) is 0 Å². The third kappa shape index (κ3) is 3.42. The van der Waals surface area contributed by atoms with Crippen molar-refractivity contribution in [2.45, 2.75) is 4.90 Å². The Labute approximate surface area is 117 Å². The Morgan fingerprint density at radius 1 is 1.25 bits per heavy atom. The predicted octanol–water partition coefficient (Wildman–Crippen LogP) is 1.72. The summed E-state index contributed by atoms with van der Waals surface area (Å²) in [4.78, 5) is 12.1. The van der Waals surface area contributed by atoms with Crippen LogP contribution >= 0.6 is 0 Å². The molecule has 0 bridgehead atoms. The lowest BCUT2D eigenvalue weighted by Gasteiger charge is -1.99. The van der Waals surface area contributed by atoms with Crippen LogP contribution in [-0.4, -0.2) is 30.2 Å². The summed E-state index contributed by atoms with van der Waals surface area (Å²) < 4.78 is 24.3. The fourth-order valence-corrected chi connectivity index (χ4v) is 2.29. The van der Waals surface area contributed by atoms with Gasteiger partial charge in [-0.3, -0.25) is 9.48 Å². The summed E-state index contributed by atoms with van der Waals surface area (Å²) in [6.45, 7) is 0. The van der Waals surface area contributed by atoms with Crippen LogP contribution in [-0.2, 0) is 16.9 Å². The summed E-state index contributed by atoms with van der Waals surface area (Å²) >= 11 is 0. The molecule has 0 aliphatic heterocycles. The first-order chi connectivity index (χ1) is 9.36. The summed E-state index contributed by atoms with van der Waals surface area (Å²) in [6, 6.07) is 5.87. The Hall–Kier alpha value is -2.21. The van der Waals surface area contributed by atoms with E-state index in [0.29, 0.717) is 5.56 Å². The number of sulfone groups is 1. The number of aromatic nitrogens is 2. The van der Waals surface area contributed by atoms with Gasteiger partial charge in [0.05, 0.1) is 11.1 Å². The molecule has 1 heterocycles. The number of rotatable bonds is 4. The lowest BCUT2D eigenvalue weighted by Crippen LogP contribution is -1.99. The van der Waals surface area contributed by atoms with Crippen LogP contribution in [0, 0.1) is 0 Å². The van der Waals surface area contributed by atoms with Crippen LogP contribution in [0.1, 0.15) is 15.9 Å². The molecule has 0 spiro atoms. The lowest BCUT2D eigenvalue weighted by atomic mass is 10.1. The molecule has 0 saturated heterocycles. The van der Waals surface area contributed by atoms with Crippen molar-refractivity contribution in [2.24, 2.45) is 7.05 Å². The molecule has 0 aliphatic carbocycles. The van der Waals surface area contributed by atoms with E-state index in [2.05, 4.69) is 5.10 Å². The van der Waals surface area contributed by atoms with E-state index in [1.54, 1.807) is 30.2 Å². The Bertz CT molecular complexity index is 756. The van der Waals surface area contributed by atoms with Crippen LogP contribution in [0.2, 0.25) is 0 Å². The molecule has 0 amide bonds. The lowest BCUT2D eigenvalue weighted by molar-refractivity contribution is 0.104. The number of hydrogen-bond acceptors (Lipinski definition) is 4. The number of allylic oxidation sites excluding steroid dienone is 1. The van der Waals surface area contributed by atoms with Gasteiger partial charge in [-0.2, -0.15) is 5.10 Å². The first-order valence-electron chi connectivity index (χ1n) is 5.87. The number of nitrogens with zero attached hydrogens (tertiary/aromatic N) is 2. The molecule has 0 unspecified atom stereocenters. The van der Waals surface area contributed by atoms with Crippen LogP contribution in [0.3, 0.4) is 0 Å². The maximum atomic E-state index is 11.9. The molecule has 2 aromatic rings. The average molecular weight is 290 g/mol. The fraction of sp³-hybridized carbons (Fsp3) is 0.143. The Kier molecular flexibility index (Phi) is 3.85. The molecule has 0 aliphatic rings. The zero-order valence-corrected chi connectivity index (χ0v) is 12.0. The van der Waals surface area contributed by atoms with Crippen molar-refractivity contribution >= 4 is 21.7 Å². The molecule has 0 N–H and O–H groups in total. The van der Waals surface area contributed by atoms with Gasteiger partial charge in [0.25, 0.3) is 0 Å². The van der Waals surface area contributed by atoms with Gasteiger partial charge in [0.15, 0.2) is 15.6 Å². The minimum Gasteiger partial charge on any atom is -0.289 e. The molecule has 0 fully saturated rings. The second kappa shape index (κ2) is 5.42. The molecule has 1 aromatic heterocycles. The van der Waals surface area contributed by atoms with E-state index in [9.17, 15) is 13.2 Å². The number of carbonyl (C=O) groups excluding carboxylic acids is 1. The first kappa shape index (κ1) is 14.2. The molecule has 5 nitrogen and oxygen atoms in total. The van der Waals surface area contributed by atoms with E-state index in [4.69, 9.17) is 0 Å². The van der Waals surface area contributed by atoms with Crippen LogP contribution in [0.5, 0.6) is 0 Å². The standard InChI is InChI=1S/C14H14N2O3S/c1-16-10-11(9-15-16)3-8-14(17)12-4-6-13(7-5-12)20(2,18)19/h3-10H,1-2H3/b8-3+. The maximum Gasteiger partial charge on any atom is 0.185 e. The minimum absolute atomic E-state index is 0.186. The van der Waals surface area contributed by atoms with Gasteiger partial charge in [-0.15, -0.1) is 0 Å². The molecular weight excluding hydrogens is 276 g/mol. The fourth-order valence-electron chi connectivity index (χ4n) is 1.66. The van der Waals surface area contributed by atoms with Gasteiger partial charge in [-0.25, -0.2) is 8.42 Å². The average Bonchev–Trinajstić information content (AvgIpc) is 2.81. The first-order valence-corrected chi connectivity index (χ1v) is 7.76. The highest BCUT2D eigenvalue weighted by atomic mass is 32.2. The van der Waals surface area contributed by atoms with Crippen LogP contribution < -0.4 is 0 Å². The molecule has 0 saturated carbocycles. The number of benzene rings is 1. The largest absolute Gasteiger partial charge is 0.289 e. The van der Waals surface area contributed by atoms with Gasteiger partial charge in [0.1, 0.15) is 0 Å². The second-order valence-electron chi connectivity index (χ2n) is 4.44. The normalized spacial score (nSPS) is 11.9. The predicted molar refractivity (Wildman–Crippen MR) is 76.1 cm³/mol. The molecule has 6 heteroatoms. The van der Waals surface area contributed by atoms with Crippen molar-refractivity contribution < 1.29 is 13.2 Å². The number of ketones is 1. The monoisotopic (exact) mass is 290 g/mol. The molecular formula is C14H14N2O3S. The van der Waals surface area contributed by atoms with Crippen molar-refractivity contribution in [1.29, 1.82) is 0 Å². The number of carbonyl (C=O) groups is 1. The van der Waals surface area contributed by atoms with Crippen LogP contribution in [0.15, 0.2) is 47.6 Å². The minimum atomic E-state index is -3.24. The van der Waals surface area contributed by atoms with Crippen LogP contribution in [0.25, 0.3) is 6.08 Å². The molecule has 0 atom stereocenters. The van der Waals surface area contributed by atoms with E-state index in [0.717, 1.165) is 11.8 Å². The SMILES string of the molecule is Cn1cc(/C=C/C(=O)c2ccc(S(C)(=O)=O)cc2)cn1. The van der Waals surface area contributed by atoms with Gasteiger partial charge >= 0.3 is 0 Å². The third-order valence-electron chi connectivity index (χ3n) is 2.72. The topological polar surface area (TPSA) is 69.0 Å². The zero-order valence-electron chi connectivity index (χ0n) is 11.1. The van der Waals surface area contributed by atoms with Gasteiger partial charge < -0.3 is 0 Å². The van der Waals surface area contributed by atoms with E-state index < -0.39 is 9.84 Å². The molecule has 2 rings (SSSR count). The van der Waals surface area contributed by atoms with E-state index >= 15 is 0 Å². The second-order valence-corrected chi connectivity index (χ2v) is 6.46. The van der Waals surface area contributed by atoms with Crippen molar-refractivity contribution in [2.75, 3.05) is 6.26 Å². The highest BCUT2D eigenvalue weighted by Crippen LogP contribution is 2.11. The third-order valence-corrected chi connectivity index (χ3v) is 3.85. The molecule has 104 valence electrons. The summed E-state index contributed by atoms with van der Waals surface area (Å²) in [5.74, 6) is -0.186. The van der Waals surface area contributed by atoms with Gasteiger partial charge in [-0.1, -0.05) is 0 Å². The van der Waals surface area contributed by atoms with Crippen molar-refractivity contribution in [3.8, 4) is 0 Å². The summed E-state index contributed by atoms with van der Waals surface area (Å²) in [6.07, 6.45) is 7.67. The molecule has 1 aromatic carbocycles. The number of aryl methyl sites for hydroxylation is 1. The van der Waals surface area contributed by atoms with E-state index in [1.165, 1.54) is 30.3 Å². The van der Waals surface area contributed by atoms with Crippen molar-refractivity contribution in [3.05, 3.63) is 53.9 Å². The molecule has 20 heavy (non-hydrogen) atoms. The molecule has 0 radical (unpaired) electrons. The van der Waals surface area contributed by atoms with E-state index in [1.807, 2.05) is 0 Å². The highest BCUT2D eigenvalue weighted by Gasteiger charge is 2.08. The number of hydrogen-bond donors (Lipinski definition) is 0. The highest BCUT2D eigenvalue weighted by molar-refractivity contribution is 7.90. The zero-order chi connectivity index (χ0) is 14.8. The smallest absolute Gasteiger partial charge is 0.185 e. The van der Waals surface area contributed by atoms with Gasteiger partial charge in [0, 0.05) is 30.6 Å². The van der Waals surface area contributed by atoms with Gasteiger partial charge in [-0.05, 0) is 36.4 Å². The van der Waals surface area contributed by atoms with E-state index in [-0.39, 0.29) is 10.7 Å².